The number of aryl methyl sites for hydroxylation is 2. The van der Waals surface area contributed by atoms with Crippen LogP contribution in [0.3, 0.4) is 0 Å². The number of benzene rings is 10. The number of nitriles is 1. The van der Waals surface area contributed by atoms with E-state index in [1.807, 2.05) is 42.5 Å². The topological polar surface area (TPSA) is 41.1 Å². The Bertz CT molecular complexity index is 3650. The number of para-hydroxylation sites is 4. The van der Waals surface area contributed by atoms with Gasteiger partial charge in [-0.15, -0.1) is 0 Å². The second kappa shape index (κ2) is 19.6. The van der Waals surface area contributed by atoms with Gasteiger partial charge in [-0.1, -0.05) is 166 Å². The minimum absolute atomic E-state index is 0.163. The quantitative estimate of drug-likeness (QED) is 0.0954. The molecule has 2 heterocycles. The molecular weight excluding hydrogens is 936 g/mol. The summed E-state index contributed by atoms with van der Waals surface area (Å²) < 4.78 is 0. The zero-order valence-corrected chi connectivity index (χ0v) is 44.3. The lowest BCUT2D eigenvalue weighted by Crippen LogP contribution is -2.61. The molecule has 2 aliphatic heterocycles. The first-order chi connectivity index (χ1) is 37.5. The van der Waals surface area contributed by atoms with Crippen molar-refractivity contribution in [3.8, 4) is 6.07 Å². The molecule has 0 aromatic heterocycles. The van der Waals surface area contributed by atoms with E-state index in [1.165, 1.54) is 38.6 Å². The van der Waals surface area contributed by atoms with E-state index in [0.29, 0.717) is 11.3 Å². The molecule has 370 valence electrons. The van der Waals surface area contributed by atoms with Gasteiger partial charge in [0.1, 0.15) is 0 Å². The van der Waals surface area contributed by atoms with Gasteiger partial charge in [-0.2, -0.15) is 5.26 Å². The van der Waals surface area contributed by atoms with Crippen molar-refractivity contribution in [1.82, 2.24) is 0 Å². The zero-order valence-electron chi connectivity index (χ0n) is 44.3. The fourth-order valence-corrected chi connectivity index (χ4v) is 11.9. The van der Waals surface area contributed by atoms with Crippen molar-refractivity contribution in [3.63, 3.8) is 0 Å². The van der Waals surface area contributed by atoms with Crippen molar-refractivity contribution < 1.29 is 0 Å². The second-order valence-electron chi connectivity index (χ2n) is 21.1. The Morgan fingerprint density at radius 3 is 1.38 bits per heavy atom. The van der Waals surface area contributed by atoms with Gasteiger partial charge in [-0.3, -0.25) is 0 Å². The van der Waals surface area contributed by atoms with Crippen molar-refractivity contribution in [2.45, 2.75) is 52.9 Å². The molecule has 0 aliphatic carbocycles. The van der Waals surface area contributed by atoms with Gasteiger partial charge >= 0.3 is 0 Å². The highest BCUT2D eigenvalue weighted by molar-refractivity contribution is 7.00. The molecule has 10 aromatic rings. The highest BCUT2D eigenvalue weighted by atomic mass is 15.2. The first kappa shape index (κ1) is 48.4. The molecule has 12 rings (SSSR count). The summed E-state index contributed by atoms with van der Waals surface area (Å²) in [7, 11) is 0. The largest absolute Gasteiger partial charge is 0.310 e. The van der Waals surface area contributed by atoms with Crippen molar-refractivity contribution in [2.24, 2.45) is 0 Å². The Labute approximate surface area is 453 Å². The van der Waals surface area contributed by atoms with Crippen molar-refractivity contribution >= 4 is 97.0 Å². The molecule has 0 amide bonds. The second-order valence-corrected chi connectivity index (χ2v) is 21.1. The molecule has 0 saturated carbocycles. The lowest BCUT2D eigenvalue weighted by Gasteiger charge is -2.46. The number of rotatable bonds is 11. The fourth-order valence-electron chi connectivity index (χ4n) is 11.9. The summed E-state index contributed by atoms with van der Waals surface area (Å²) >= 11 is 0. The Kier molecular flexibility index (Phi) is 12.3. The van der Waals surface area contributed by atoms with Gasteiger partial charge in [-0.25, -0.2) is 4.85 Å². The predicted molar refractivity (Wildman–Crippen MR) is 323 cm³/mol. The SMILES string of the molecule is [C-]#[N+]c1ccc(N2c3ccc(C)cc3B3c4cc(C)ccc4N(c4ccc(C#N)cc4N(c4ccccc4)c4ccccc4)c4cc(C(C)(C)c5ccccc5C(C)C)cc2c43)c(N(c2ccccc2)c2ccccc2)c1. The third-order valence-electron chi connectivity index (χ3n) is 15.6. The number of fused-ring (bicyclic) bond motifs is 4. The Balaban J connectivity index is 1.23. The lowest BCUT2D eigenvalue weighted by atomic mass is 9.33. The molecule has 0 atom stereocenters. The Hall–Kier alpha value is -9.56. The number of nitrogens with zero attached hydrogens (tertiary/aromatic N) is 6. The molecule has 10 aromatic carbocycles. The molecule has 0 unspecified atom stereocenters. The lowest BCUT2D eigenvalue weighted by molar-refractivity contribution is 0.624. The Morgan fingerprint density at radius 1 is 0.494 bits per heavy atom. The summed E-state index contributed by atoms with van der Waals surface area (Å²) in [5.41, 5.74) is 22.1. The molecule has 7 heteroatoms. The van der Waals surface area contributed by atoms with Gasteiger partial charge in [0.25, 0.3) is 6.71 Å². The van der Waals surface area contributed by atoms with Crippen molar-refractivity contribution in [3.05, 3.63) is 275 Å². The van der Waals surface area contributed by atoms with Gasteiger partial charge in [-0.05, 0) is 156 Å². The van der Waals surface area contributed by atoms with Crippen LogP contribution in [0.1, 0.15) is 67.0 Å². The van der Waals surface area contributed by atoms with E-state index >= 15 is 0 Å². The number of hydrogen-bond donors (Lipinski definition) is 0. The van der Waals surface area contributed by atoms with Crippen LogP contribution in [0.25, 0.3) is 4.85 Å². The minimum Gasteiger partial charge on any atom is -0.310 e. The molecule has 0 radical (unpaired) electrons. The smallest absolute Gasteiger partial charge is 0.252 e. The molecule has 6 nitrogen and oxygen atoms in total. The molecular formula is C70H57BN6. The van der Waals surface area contributed by atoms with Gasteiger partial charge in [0.05, 0.1) is 41.0 Å². The van der Waals surface area contributed by atoms with Gasteiger partial charge in [0, 0.05) is 50.9 Å². The van der Waals surface area contributed by atoms with E-state index in [2.05, 4.69) is 260 Å². The predicted octanol–water partition coefficient (Wildman–Crippen LogP) is 17.2. The highest BCUT2D eigenvalue weighted by Crippen LogP contribution is 2.53. The van der Waals surface area contributed by atoms with Crippen molar-refractivity contribution in [1.29, 1.82) is 5.26 Å². The molecule has 77 heavy (non-hydrogen) atoms. The molecule has 0 saturated heterocycles. The maximum Gasteiger partial charge on any atom is 0.252 e. The van der Waals surface area contributed by atoms with Crippen LogP contribution >= 0.6 is 0 Å². The van der Waals surface area contributed by atoms with Crippen LogP contribution in [0.5, 0.6) is 0 Å². The molecule has 0 N–H and O–H groups in total. The maximum atomic E-state index is 10.7. The summed E-state index contributed by atoms with van der Waals surface area (Å²) in [5.74, 6) is 0.290. The van der Waals surface area contributed by atoms with E-state index in [4.69, 9.17) is 6.57 Å². The van der Waals surface area contributed by atoms with Crippen LogP contribution in [0.15, 0.2) is 231 Å². The monoisotopic (exact) mass is 992 g/mol. The normalized spacial score (nSPS) is 12.3. The van der Waals surface area contributed by atoms with Gasteiger partial charge in [0.15, 0.2) is 5.69 Å². The Morgan fingerprint density at radius 2 is 0.922 bits per heavy atom. The van der Waals surface area contributed by atoms with Crippen LogP contribution in [0.4, 0.5) is 73.9 Å². The van der Waals surface area contributed by atoms with Crippen LogP contribution in [0.2, 0.25) is 0 Å². The number of hydrogen-bond acceptors (Lipinski definition) is 5. The van der Waals surface area contributed by atoms with Crippen LogP contribution in [-0.4, -0.2) is 6.71 Å². The average Bonchev–Trinajstić information content (AvgIpc) is 3.66. The maximum absolute atomic E-state index is 10.7. The zero-order chi connectivity index (χ0) is 53.0. The molecule has 0 spiro atoms. The average molecular weight is 993 g/mol. The van der Waals surface area contributed by atoms with E-state index in [9.17, 15) is 5.26 Å². The van der Waals surface area contributed by atoms with Crippen LogP contribution in [-0.2, 0) is 5.41 Å². The summed E-state index contributed by atoms with van der Waals surface area (Å²) in [6, 6.07) is 84.4. The van der Waals surface area contributed by atoms with Crippen molar-refractivity contribution in [2.75, 3.05) is 19.6 Å². The summed E-state index contributed by atoms with van der Waals surface area (Å²) in [6.07, 6.45) is 0. The minimum atomic E-state index is -0.495. The first-order valence-electron chi connectivity index (χ1n) is 26.5. The highest BCUT2D eigenvalue weighted by Gasteiger charge is 2.46. The third kappa shape index (κ3) is 8.38. The summed E-state index contributed by atoms with van der Waals surface area (Å²) in [4.78, 5) is 13.6. The van der Waals surface area contributed by atoms with Gasteiger partial charge in [0.2, 0.25) is 0 Å². The van der Waals surface area contributed by atoms with Crippen LogP contribution < -0.4 is 36.0 Å². The molecule has 0 fully saturated rings. The fraction of sp³-hybridized carbons (Fsp3) is 0.114. The van der Waals surface area contributed by atoms with E-state index < -0.39 is 5.41 Å². The van der Waals surface area contributed by atoms with E-state index in [0.717, 1.165) is 73.8 Å². The van der Waals surface area contributed by atoms with E-state index in [1.54, 1.807) is 0 Å². The molecule has 2 aliphatic rings. The van der Waals surface area contributed by atoms with E-state index in [-0.39, 0.29) is 12.6 Å². The third-order valence-corrected chi connectivity index (χ3v) is 15.6. The number of anilines is 12. The first-order valence-corrected chi connectivity index (χ1v) is 26.5. The van der Waals surface area contributed by atoms with Crippen LogP contribution in [0, 0.1) is 31.8 Å². The summed E-state index contributed by atoms with van der Waals surface area (Å²) in [6.45, 7) is 22.0. The molecule has 0 bridgehead atoms. The summed E-state index contributed by atoms with van der Waals surface area (Å²) in [5, 5.41) is 10.7. The van der Waals surface area contributed by atoms with Gasteiger partial charge < -0.3 is 19.6 Å². The standard InChI is InChI=1S/C70H57BN6/c1-47(2)57-30-20-21-31-58(57)70(5,6)51-43-67-69-68(44-51)77(64-39-35-52(73-7)45-66(64)75(55-26-16-10-17-27-55)56-28-18-11-19-29-56)62-37-33-49(4)41-60(62)71(69)59-40-48(3)32-36-61(59)76(67)63-38-34-50(46-72)42-65(63)74(53-22-12-8-13-23-53)54-24-14-9-15-25-54/h8-45,47H,1-6H3.